The van der Waals surface area contributed by atoms with E-state index < -0.39 is 0 Å². The van der Waals surface area contributed by atoms with E-state index in [2.05, 4.69) is 51.2 Å². The molecule has 0 radical (unpaired) electrons. The van der Waals surface area contributed by atoms with Crippen LogP contribution in [0.1, 0.15) is 24.5 Å². The van der Waals surface area contributed by atoms with Crippen molar-refractivity contribution in [3.05, 3.63) is 66.2 Å². The average molecular weight is 363 g/mol. The standard InChI is InChI=1S/C22H22FN3O/c23-18-5-6-19-21(15-18)27-24-22(19)17-7-10-25(11-8-17)13-14-26-12-9-16-3-1-2-4-20(16)26/h1-6,9,12,15,17H,7-8,10-11,13-14H2. The smallest absolute Gasteiger partial charge is 0.170 e. The second-order valence-corrected chi connectivity index (χ2v) is 7.39. The van der Waals surface area contributed by atoms with E-state index in [-0.39, 0.29) is 5.82 Å². The summed E-state index contributed by atoms with van der Waals surface area (Å²) in [5, 5.41) is 6.49. The molecule has 0 N–H and O–H groups in total. The largest absolute Gasteiger partial charge is 0.356 e. The summed E-state index contributed by atoms with van der Waals surface area (Å²) in [5.41, 5.74) is 2.83. The minimum absolute atomic E-state index is 0.280. The molecule has 0 bridgehead atoms. The zero-order valence-electron chi connectivity index (χ0n) is 15.1. The summed E-state index contributed by atoms with van der Waals surface area (Å²) in [6.45, 7) is 4.17. The van der Waals surface area contributed by atoms with Crippen LogP contribution in [-0.4, -0.2) is 34.3 Å². The molecule has 0 saturated carbocycles. The number of hydrogen-bond donors (Lipinski definition) is 0. The molecule has 4 nitrogen and oxygen atoms in total. The van der Waals surface area contributed by atoms with Crippen LogP contribution in [0.25, 0.3) is 21.9 Å². The third-order valence-electron chi connectivity index (χ3n) is 5.77. The van der Waals surface area contributed by atoms with Gasteiger partial charge in [-0.3, -0.25) is 0 Å². The van der Waals surface area contributed by atoms with E-state index in [9.17, 15) is 4.39 Å². The third kappa shape index (κ3) is 3.12. The van der Waals surface area contributed by atoms with Crippen molar-refractivity contribution in [2.24, 2.45) is 0 Å². The van der Waals surface area contributed by atoms with Crippen molar-refractivity contribution in [1.29, 1.82) is 0 Å². The molecule has 0 atom stereocenters. The van der Waals surface area contributed by atoms with E-state index in [0.29, 0.717) is 11.5 Å². The van der Waals surface area contributed by atoms with E-state index in [1.165, 1.54) is 23.0 Å². The van der Waals surface area contributed by atoms with Gasteiger partial charge >= 0.3 is 0 Å². The number of aromatic nitrogens is 2. The number of likely N-dealkylation sites (tertiary alicyclic amines) is 1. The number of benzene rings is 2. The monoisotopic (exact) mass is 363 g/mol. The lowest BCUT2D eigenvalue weighted by Gasteiger charge is -2.31. The molecule has 1 saturated heterocycles. The van der Waals surface area contributed by atoms with Gasteiger partial charge < -0.3 is 14.0 Å². The first-order valence-corrected chi connectivity index (χ1v) is 9.59. The Hall–Kier alpha value is -2.66. The number of hydrogen-bond acceptors (Lipinski definition) is 3. The van der Waals surface area contributed by atoms with Gasteiger partial charge in [-0.25, -0.2) is 4.39 Å². The Labute approximate surface area is 157 Å². The predicted octanol–water partition coefficient (Wildman–Crippen LogP) is 4.80. The molecule has 2 aromatic heterocycles. The third-order valence-corrected chi connectivity index (χ3v) is 5.77. The molecule has 138 valence electrons. The summed E-state index contributed by atoms with van der Waals surface area (Å²) in [4.78, 5) is 2.52. The van der Waals surface area contributed by atoms with Gasteiger partial charge in [-0.2, -0.15) is 0 Å². The molecule has 1 aliphatic heterocycles. The van der Waals surface area contributed by atoms with Crippen LogP contribution in [0.3, 0.4) is 0 Å². The van der Waals surface area contributed by atoms with E-state index in [1.54, 1.807) is 6.07 Å². The van der Waals surface area contributed by atoms with Gasteiger partial charge in [0.15, 0.2) is 5.58 Å². The molecular weight excluding hydrogens is 341 g/mol. The Morgan fingerprint density at radius 3 is 2.78 bits per heavy atom. The highest BCUT2D eigenvalue weighted by Gasteiger charge is 2.25. The van der Waals surface area contributed by atoms with Crippen molar-refractivity contribution in [3.63, 3.8) is 0 Å². The Bertz CT molecular complexity index is 1080. The van der Waals surface area contributed by atoms with Crippen molar-refractivity contribution < 1.29 is 8.91 Å². The lowest BCUT2D eigenvalue weighted by Crippen LogP contribution is -2.35. The van der Waals surface area contributed by atoms with Crippen LogP contribution in [0.4, 0.5) is 4.39 Å². The molecule has 1 aliphatic rings. The Balaban J connectivity index is 1.22. The van der Waals surface area contributed by atoms with Crippen LogP contribution in [0.5, 0.6) is 0 Å². The van der Waals surface area contributed by atoms with Gasteiger partial charge in [0, 0.05) is 42.2 Å². The first-order valence-electron chi connectivity index (χ1n) is 9.59. The molecule has 4 aromatic rings. The highest BCUT2D eigenvalue weighted by atomic mass is 19.1. The molecule has 27 heavy (non-hydrogen) atoms. The Morgan fingerprint density at radius 1 is 1.04 bits per heavy atom. The van der Waals surface area contributed by atoms with Gasteiger partial charge in [-0.1, -0.05) is 23.4 Å². The highest BCUT2D eigenvalue weighted by molar-refractivity contribution is 5.80. The summed E-state index contributed by atoms with van der Waals surface area (Å²) >= 11 is 0. The van der Waals surface area contributed by atoms with E-state index in [4.69, 9.17) is 4.52 Å². The zero-order chi connectivity index (χ0) is 18.2. The fraction of sp³-hybridized carbons (Fsp3) is 0.318. The number of fused-ring (bicyclic) bond motifs is 2. The first kappa shape index (κ1) is 16.5. The lowest BCUT2D eigenvalue weighted by molar-refractivity contribution is 0.203. The second-order valence-electron chi connectivity index (χ2n) is 7.39. The molecule has 3 heterocycles. The van der Waals surface area contributed by atoms with Crippen LogP contribution >= 0.6 is 0 Å². The molecule has 1 fully saturated rings. The minimum Gasteiger partial charge on any atom is -0.356 e. The van der Waals surface area contributed by atoms with Gasteiger partial charge in [0.05, 0.1) is 5.69 Å². The van der Waals surface area contributed by atoms with Crippen LogP contribution in [0, 0.1) is 5.82 Å². The second kappa shape index (κ2) is 6.82. The summed E-state index contributed by atoms with van der Waals surface area (Å²) in [7, 11) is 0. The van der Waals surface area contributed by atoms with Crippen molar-refractivity contribution >= 4 is 21.9 Å². The van der Waals surface area contributed by atoms with Crippen LogP contribution in [-0.2, 0) is 6.54 Å². The normalized spacial score (nSPS) is 16.5. The van der Waals surface area contributed by atoms with Crippen LogP contribution in [0.15, 0.2) is 59.3 Å². The summed E-state index contributed by atoms with van der Waals surface area (Å²) in [6.07, 6.45) is 4.30. The average Bonchev–Trinajstić information content (AvgIpc) is 3.30. The highest BCUT2D eigenvalue weighted by Crippen LogP contribution is 2.32. The molecule has 0 amide bonds. The van der Waals surface area contributed by atoms with Crippen molar-refractivity contribution in [1.82, 2.24) is 14.6 Å². The first-order chi connectivity index (χ1) is 13.3. The van der Waals surface area contributed by atoms with Crippen molar-refractivity contribution in [2.45, 2.75) is 25.3 Å². The Morgan fingerprint density at radius 2 is 1.89 bits per heavy atom. The molecular formula is C22H22FN3O. The van der Waals surface area contributed by atoms with Gasteiger partial charge in [0.1, 0.15) is 5.82 Å². The van der Waals surface area contributed by atoms with Crippen molar-refractivity contribution in [2.75, 3.05) is 19.6 Å². The number of para-hydroxylation sites is 1. The van der Waals surface area contributed by atoms with Crippen LogP contribution < -0.4 is 0 Å². The van der Waals surface area contributed by atoms with Crippen molar-refractivity contribution in [3.8, 4) is 0 Å². The number of halogens is 1. The van der Waals surface area contributed by atoms with Gasteiger partial charge in [-0.05, 0) is 55.6 Å². The zero-order valence-corrected chi connectivity index (χ0v) is 15.1. The molecule has 0 spiro atoms. The summed E-state index contributed by atoms with van der Waals surface area (Å²) < 4.78 is 21.0. The maximum atomic E-state index is 13.3. The van der Waals surface area contributed by atoms with Gasteiger partial charge in [0.25, 0.3) is 0 Å². The van der Waals surface area contributed by atoms with Gasteiger partial charge in [-0.15, -0.1) is 0 Å². The number of rotatable bonds is 4. The molecule has 5 heteroatoms. The number of nitrogens with zero attached hydrogens (tertiary/aromatic N) is 3. The number of piperidine rings is 1. The SMILES string of the molecule is Fc1ccc2c(C3CCN(CCn4ccc5ccccc54)CC3)noc2c1. The Kier molecular flexibility index (Phi) is 4.17. The molecule has 0 unspecified atom stereocenters. The fourth-order valence-electron chi connectivity index (χ4n) is 4.24. The summed E-state index contributed by atoms with van der Waals surface area (Å²) in [6, 6.07) is 15.4. The molecule has 0 aliphatic carbocycles. The van der Waals surface area contributed by atoms with E-state index >= 15 is 0 Å². The molecule has 5 rings (SSSR count). The lowest BCUT2D eigenvalue weighted by atomic mass is 9.91. The van der Waals surface area contributed by atoms with E-state index in [1.807, 2.05) is 0 Å². The predicted molar refractivity (Wildman–Crippen MR) is 104 cm³/mol. The molecule has 2 aromatic carbocycles. The van der Waals surface area contributed by atoms with Crippen LogP contribution in [0.2, 0.25) is 0 Å². The maximum absolute atomic E-state index is 13.3. The maximum Gasteiger partial charge on any atom is 0.170 e. The fourth-order valence-corrected chi connectivity index (χ4v) is 4.24. The quantitative estimate of drug-likeness (QED) is 0.522. The van der Waals surface area contributed by atoms with E-state index in [0.717, 1.165) is 50.1 Å². The summed E-state index contributed by atoms with van der Waals surface area (Å²) in [5.74, 6) is 0.109. The topological polar surface area (TPSA) is 34.2 Å². The minimum atomic E-state index is -0.280. The van der Waals surface area contributed by atoms with Gasteiger partial charge in [0.2, 0.25) is 0 Å².